The van der Waals surface area contributed by atoms with Crippen LogP contribution in [0.1, 0.15) is 44.2 Å². The Labute approximate surface area is 263 Å². The van der Waals surface area contributed by atoms with Gasteiger partial charge in [0, 0.05) is 24.9 Å². The van der Waals surface area contributed by atoms with Gasteiger partial charge in [0.1, 0.15) is 17.3 Å². The lowest BCUT2D eigenvalue weighted by atomic mass is 9.98. The molecule has 3 aromatic carbocycles. The summed E-state index contributed by atoms with van der Waals surface area (Å²) in [6, 6.07) is 24.9. The smallest absolute Gasteiger partial charge is 0.475 e. The summed E-state index contributed by atoms with van der Waals surface area (Å²) in [5.74, 6) is -2.07. The zero-order valence-corrected chi connectivity index (χ0v) is 25.4. The van der Waals surface area contributed by atoms with E-state index in [-0.39, 0.29) is 24.9 Å². The number of carboxylic acids is 1. The molecule has 0 amide bonds. The number of para-hydroxylation sites is 1. The van der Waals surface area contributed by atoms with Crippen LogP contribution in [0.15, 0.2) is 78.9 Å². The van der Waals surface area contributed by atoms with E-state index in [0.29, 0.717) is 31.1 Å². The molecular weight excluding hydrogens is 607 g/mol. The molecule has 246 valence electrons. The van der Waals surface area contributed by atoms with Crippen LogP contribution in [0.2, 0.25) is 0 Å². The molecule has 2 atom stereocenters. The number of ketones is 1. The fourth-order valence-electron chi connectivity index (χ4n) is 4.65. The third-order valence-electron chi connectivity index (χ3n) is 6.94. The fourth-order valence-corrected chi connectivity index (χ4v) is 4.65. The van der Waals surface area contributed by atoms with Gasteiger partial charge in [-0.2, -0.15) is 13.2 Å². The van der Waals surface area contributed by atoms with Gasteiger partial charge in [0.15, 0.2) is 0 Å². The van der Waals surface area contributed by atoms with Crippen molar-refractivity contribution in [3.8, 4) is 11.5 Å². The van der Waals surface area contributed by atoms with Crippen LogP contribution in [0.3, 0.4) is 0 Å². The van der Waals surface area contributed by atoms with Crippen LogP contribution >= 0.6 is 0 Å². The van der Waals surface area contributed by atoms with E-state index in [1.165, 1.54) is 7.11 Å². The monoisotopic (exact) mass is 643 g/mol. The van der Waals surface area contributed by atoms with Crippen molar-refractivity contribution in [1.82, 2.24) is 9.55 Å². The number of imidazole rings is 1. The van der Waals surface area contributed by atoms with Crippen molar-refractivity contribution in [2.75, 3.05) is 19.5 Å². The number of esters is 1. The molecule has 4 aromatic rings. The first kappa shape index (κ1) is 35.6. The number of Topliss-reactive ketones (excluding diaryl/α,β-unsaturated/α-hetero) is 1. The molecule has 0 aliphatic heterocycles. The molecule has 0 fully saturated rings. The van der Waals surface area contributed by atoms with Crippen molar-refractivity contribution < 1.29 is 46.9 Å². The van der Waals surface area contributed by atoms with Crippen LogP contribution in [0.25, 0.3) is 11.0 Å². The Balaban J connectivity index is 0.000000738. The van der Waals surface area contributed by atoms with E-state index in [9.17, 15) is 22.8 Å². The highest BCUT2D eigenvalue weighted by atomic mass is 19.4. The van der Waals surface area contributed by atoms with Crippen LogP contribution in [-0.2, 0) is 30.5 Å². The Morgan fingerprint density at radius 3 is 2.20 bits per heavy atom. The fraction of sp³-hybridized carbons (Fsp3) is 0.333. The number of aromatic nitrogens is 2. The van der Waals surface area contributed by atoms with Crippen molar-refractivity contribution in [2.45, 2.75) is 51.4 Å². The summed E-state index contributed by atoms with van der Waals surface area (Å²) in [6.45, 7) is 2.54. The van der Waals surface area contributed by atoms with E-state index in [1.807, 2.05) is 83.4 Å². The predicted molar refractivity (Wildman–Crippen MR) is 164 cm³/mol. The van der Waals surface area contributed by atoms with Gasteiger partial charge in [-0.05, 0) is 42.7 Å². The molecule has 0 saturated carbocycles. The van der Waals surface area contributed by atoms with Gasteiger partial charge in [-0.15, -0.1) is 0 Å². The van der Waals surface area contributed by atoms with Gasteiger partial charge in [-0.25, -0.2) is 9.78 Å². The average Bonchev–Trinajstić information content (AvgIpc) is 3.36. The highest BCUT2D eigenvalue weighted by Gasteiger charge is 2.38. The lowest BCUT2D eigenvalue weighted by Gasteiger charge is -2.20. The van der Waals surface area contributed by atoms with E-state index in [1.54, 1.807) is 0 Å². The van der Waals surface area contributed by atoms with Crippen LogP contribution in [0, 0.1) is 5.92 Å². The summed E-state index contributed by atoms with van der Waals surface area (Å²) >= 11 is 0. The van der Waals surface area contributed by atoms with E-state index in [2.05, 4.69) is 11.9 Å². The number of carboxylic acid groups (broad SMARTS) is 1. The summed E-state index contributed by atoms with van der Waals surface area (Å²) in [4.78, 5) is 38.7. The molecule has 0 aliphatic carbocycles. The zero-order chi connectivity index (χ0) is 33.7. The van der Waals surface area contributed by atoms with Crippen LogP contribution in [-0.4, -0.2) is 52.3 Å². The van der Waals surface area contributed by atoms with E-state index < -0.39 is 24.0 Å². The molecule has 0 aliphatic rings. The molecule has 1 aromatic heterocycles. The molecule has 0 bridgehead atoms. The van der Waals surface area contributed by atoms with Crippen LogP contribution in [0.5, 0.6) is 11.5 Å². The number of alkyl halides is 3. The third-order valence-corrected chi connectivity index (χ3v) is 6.94. The number of benzene rings is 3. The number of carbonyl (C=O) groups is 3. The second-order valence-corrected chi connectivity index (χ2v) is 10.3. The molecule has 46 heavy (non-hydrogen) atoms. The summed E-state index contributed by atoms with van der Waals surface area (Å²) in [5, 5.41) is 7.12. The second-order valence-electron chi connectivity index (χ2n) is 10.3. The number of nitrogens with two attached hydrogens (primary N) is 1. The molecule has 10 nitrogen and oxygen atoms in total. The minimum atomic E-state index is -5.08. The van der Waals surface area contributed by atoms with E-state index in [0.717, 1.165) is 28.8 Å². The molecular formula is C33H36F3N3O7. The number of ether oxygens (including phenoxy) is 3. The summed E-state index contributed by atoms with van der Waals surface area (Å²) < 4.78 is 50.4. The Hall–Kier alpha value is -4.91. The van der Waals surface area contributed by atoms with Crippen molar-refractivity contribution in [3.63, 3.8) is 0 Å². The van der Waals surface area contributed by atoms with Gasteiger partial charge in [-0.3, -0.25) is 9.59 Å². The number of anilines is 1. The Kier molecular flexibility index (Phi) is 13.1. The first-order chi connectivity index (χ1) is 21.9. The Bertz CT molecular complexity index is 1580. The molecule has 13 heteroatoms. The molecule has 1 heterocycles. The number of hydrogen-bond donors (Lipinski definition) is 2. The number of fused-ring (bicyclic) bond motifs is 1. The van der Waals surface area contributed by atoms with Gasteiger partial charge < -0.3 is 29.6 Å². The number of nitrogen functional groups attached to an aromatic ring is 1. The standard InChI is InChI=1S/C31H35N3O5.C2HF3O2/c1-3-24(14-15-25(35)18-23(30(36)37-2)21-38-20-22-10-6-4-7-11-22)34-29-19-27(16-17-28(29)33-31(34)32)39-26-12-8-5-9-13-26;3-2(4,5)1(6)7/h4-13,16-17,19,23-24H,3,14-15,18,20-21H2,1-2H3,(H2,32,33);(H,6,7)/t23-,24+;/m0./s1. The molecule has 4 rings (SSSR count). The molecule has 3 N–H and O–H groups in total. The number of carbonyl (C=O) groups excluding carboxylic acids is 2. The SMILES string of the molecule is CC[C@H](CCC(=O)C[C@@H](COCc1ccccc1)C(=O)OC)n1c(N)nc2ccc(Oc3ccccc3)cc21.O=C(O)C(F)(F)F. The maximum Gasteiger partial charge on any atom is 0.490 e. The average molecular weight is 644 g/mol. The maximum absolute atomic E-state index is 13.0. The van der Waals surface area contributed by atoms with Gasteiger partial charge in [0.05, 0.1) is 37.3 Å². The van der Waals surface area contributed by atoms with Crippen LogP contribution in [0.4, 0.5) is 19.1 Å². The summed E-state index contributed by atoms with van der Waals surface area (Å²) in [6.07, 6.45) is -3.40. The maximum atomic E-state index is 13.0. The topological polar surface area (TPSA) is 143 Å². The highest BCUT2D eigenvalue weighted by Crippen LogP contribution is 2.32. The molecule has 0 spiro atoms. The number of halogens is 3. The number of aliphatic carboxylic acids is 1. The first-order valence-corrected chi connectivity index (χ1v) is 14.4. The van der Waals surface area contributed by atoms with Crippen molar-refractivity contribution in [2.24, 2.45) is 5.92 Å². The summed E-state index contributed by atoms with van der Waals surface area (Å²) in [5.41, 5.74) is 8.94. The first-order valence-electron chi connectivity index (χ1n) is 14.4. The van der Waals surface area contributed by atoms with Gasteiger partial charge in [0.2, 0.25) is 5.95 Å². The minimum Gasteiger partial charge on any atom is -0.475 e. The van der Waals surface area contributed by atoms with Crippen molar-refractivity contribution in [1.29, 1.82) is 0 Å². The van der Waals surface area contributed by atoms with E-state index >= 15 is 0 Å². The van der Waals surface area contributed by atoms with Crippen molar-refractivity contribution in [3.05, 3.63) is 84.4 Å². The summed E-state index contributed by atoms with van der Waals surface area (Å²) in [7, 11) is 1.33. The normalized spacial score (nSPS) is 12.5. The third kappa shape index (κ3) is 10.6. The Morgan fingerprint density at radius 2 is 1.61 bits per heavy atom. The Morgan fingerprint density at radius 1 is 0.978 bits per heavy atom. The number of nitrogens with zero attached hydrogens (tertiary/aromatic N) is 2. The van der Waals surface area contributed by atoms with Crippen molar-refractivity contribution >= 4 is 34.7 Å². The number of rotatable bonds is 14. The highest BCUT2D eigenvalue weighted by molar-refractivity contribution is 5.84. The number of methoxy groups -OCH3 is 1. The lowest BCUT2D eigenvalue weighted by molar-refractivity contribution is -0.192. The van der Waals surface area contributed by atoms with Crippen LogP contribution < -0.4 is 10.5 Å². The van der Waals surface area contributed by atoms with Gasteiger partial charge in [-0.1, -0.05) is 55.5 Å². The molecule has 0 radical (unpaired) electrons. The van der Waals surface area contributed by atoms with E-state index in [4.69, 9.17) is 29.8 Å². The second kappa shape index (κ2) is 17.0. The number of hydrogen-bond acceptors (Lipinski definition) is 8. The quantitative estimate of drug-likeness (QED) is 0.143. The zero-order valence-electron chi connectivity index (χ0n) is 25.4. The molecule has 0 unspecified atom stereocenters. The predicted octanol–water partition coefficient (Wildman–Crippen LogP) is 6.74. The van der Waals surface area contributed by atoms with Gasteiger partial charge in [0.25, 0.3) is 0 Å². The minimum absolute atomic E-state index is 0.0248. The largest absolute Gasteiger partial charge is 0.490 e. The molecule has 0 saturated heterocycles. The lowest BCUT2D eigenvalue weighted by Crippen LogP contribution is -2.25. The van der Waals surface area contributed by atoms with Gasteiger partial charge >= 0.3 is 18.1 Å².